The topological polar surface area (TPSA) is 24.9 Å². The molecule has 2 nitrogen and oxygen atoms in total. The maximum absolute atomic E-state index is 13.0. The van der Waals surface area contributed by atoms with Crippen LogP contribution in [0.25, 0.3) is 10.9 Å². The first-order valence-electron chi connectivity index (χ1n) is 10.3. The van der Waals surface area contributed by atoms with Gasteiger partial charge in [0.25, 0.3) is 0 Å². The third-order valence-electron chi connectivity index (χ3n) is 5.17. The highest BCUT2D eigenvalue weighted by atomic mass is 19.1. The maximum atomic E-state index is 13.0. The third kappa shape index (κ3) is 7.34. The minimum atomic E-state index is -0.434. The first-order valence-corrected chi connectivity index (χ1v) is 10.3. The summed E-state index contributed by atoms with van der Waals surface area (Å²) in [4.78, 5) is 4.48. The van der Waals surface area contributed by atoms with Gasteiger partial charge >= 0.3 is 0 Å². The smallest absolute Gasteiger partial charge is 0.118 e. The quantitative estimate of drug-likeness (QED) is 0.344. The molecule has 0 unspecified atom stereocenters. The van der Waals surface area contributed by atoms with E-state index in [2.05, 4.69) is 67.1 Å². The molecule has 1 N–H and O–H groups in total. The van der Waals surface area contributed by atoms with Gasteiger partial charge in [-0.15, -0.1) is 0 Å². The Hall–Kier alpha value is -2.68. The Balaban J connectivity index is 1.86. The summed E-state index contributed by atoms with van der Waals surface area (Å²) in [5.41, 5.74) is 6.91. The molecule has 0 radical (unpaired) electrons. The zero-order valence-corrected chi connectivity index (χ0v) is 18.2. The van der Waals surface area contributed by atoms with E-state index in [4.69, 9.17) is 0 Å². The van der Waals surface area contributed by atoms with Gasteiger partial charge in [-0.3, -0.25) is 4.98 Å². The van der Waals surface area contributed by atoms with Gasteiger partial charge in [-0.1, -0.05) is 30.4 Å². The second-order valence-electron chi connectivity index (χ2n) is 7.52. The number of aryl methyl sites for hydroxylation is 2. The Morgan fingerprint density at radius 2 is 2.03 bits per heavy atom. The lowest BCUT2D eigenvalue weighted by molar-refractivity contribution is 0.667. The molecule has 0 amide bonds. The van der Waals surface area contributed by atoms with E-state index in [0.29, 0.717) is 0 Å². The van der Waals surface area contributed by atoms with Crippen LogP contribution in [0.2, 0.25) is 0 Å². The molecule has 2 rings (SSSR count). The van der Waals surface area contributed by atoms with Crippen LogP contribution >= 0.6 is 0 Å². The Kier molecular flexibility index (Phi) is 8.85. The SMILES string of the molecule is C=C(F)/C=C(NC)\C(C)=C/CC/C(=C/C)CCCc1ccc2ncc(C)cc2c1. The molecule has 1 aromatic heterocycles. The second kappa shape index (κ2) is 11.4. The van der Waals surface area contributed by atoms with Crippen molar-refractivity contribution in [1.82, 2.24) is 10.3 Å². The van der Waals surface area contributed by atoms with Crippen LogP contribution in [0.15, 0.2) is 77.9 Å². The van der Waals surface area contributed by atoms with Crippen molar-refractivity contribution in [2.24, 2.45) is 0 Å². The summed E-state index contributed by atoms with van der Waals surface area (Å²) in [6, 6.07) is 8.77. The van der Waals surface area contributed by atoms with Crippen molar-refractivity contribution in [1.29, 1.82) is 0 Å². The number of nitrogens with one attached hydrogen (secondary N) is 1. The van der Waals surface area contributed by atoms with E-state index in [-0.39, 0.29) is 0 Å². The minimum absolute atomic E-state index is 0.434. The lowest BCUT2D eigenvalue weighted by Gasteiger charge is -2.09. The van der Waals surface area contributed by atoms with E-state index in [1.807, 2.05) is 13.1 Å². The minimum Gasteiger partial charge on any atom is -0.388 e. The van der Waals surface area contributed by atoms with Gasteiger partial charge in [0, 0.05) is 24.3 Å². The predicted molar refractivity (Wildman–Crippen MR) is 124 cm³/mol. The molecule has 0 aliphatic rings. The highest BCUT2D eigenvalue weighted by Gasteiger charge is 2.02. The standard InChI is InChI=1S/C26H33FN2/c1-6-22(10-7-9-20(3)26(28-5)16-21(4)27)11-8-12-23-13-14-25-24(17-23)15-19(2)18-29-25/h6,9,13-18,28H,4,7-8,10-12H2,1-3,5H3/b20-9-,22-6-,26-16+. The second-order valence-corrected chi connectivity index (χ2v) is 7.52. The number of halogens is 1. The van der Waals surface area contributed by atoms with E-state index in [9.17, 15) is 4.39 Å². The van der Waals surface area contributed by atoms with Crippen LogP contribution in [0.1, 0.15) is 50.7 Å². The normalized spacial score (nSPS) is 13.1. The van der Waals surface area contributed by atoms with Gasteiger partial charge in [0.15, 0.2) is 0 Å². The van der Waals surface area contributed by atoms with Crippen molar-refractivity contribution in [3.05, 3.63) is 89.1 Å². The number of rotatable bonds is 10. The highest BCUT2D eigenvalue weighted by molar-refractivity contribution is 5.79. The molecule has 1 heterocycles. The van der Waals surface area contributed by atoms with E-state index in [0.717, 1.165) is 48.9 Å². The molecular formula is C26H33FN2. The fourth-order valence-electron chi connectivity index (χ4n) is 3.50. The van der Waals surface area contributed by atoms with Crippen LogP contribution in [0.4, 0.5) is 4.39 Å². The molecule has 0 aliphatic heterocycles. The van der Waals surface area contributed by atoms with E-state index in [1.165, 1.54) is 28.2 Å². The van der Waals surface area contributed by atoms with Crippen molar-refractivity contribution >= 4 is 10.9 Å². The number of hydrogen-bond acceptors (Lipinski definition) is 2. The van der Waals surface area contributed by atoms with E-state index in [1.54, 1.807) is 7.05 Å². The fourth-order valence-corrected chi connectivity index (χ4v) is 3.50. The Bertz CT molecular complexity index is 935. The molecule has 0 atom stereocenters. The maximum Gasteiger partial charge on any atom is 0.118 e. The first kappa shape index (κ1) is 22.6. The van der Waals surface area contributed by atoms with Crippen LogP contribution in [0, 0.1) is 6.92 Å². The number of pyridine rings is 1. The molecule has 0 aliphatic carbocycles. The Labute approximate surface area is 174 Å². The number of allylic oxidation sites excluding steroid dienone is 6. The largest absolute Gasteiger partial charge is 0.388 e. The Morgan fingerprint density at radius 1 is 1.24 bits per heavy atom. The van der Waals surface area contributed by atoms with Crippen molar-refractivity contribution in [3.63, 3.8) is 0 Å². The molecule has 0 bridgehead atoms. The average molecular weight is 393 g/mol. The molecule has 1 aromatic carbocycles. The van der Waals surface area contributed by atoms with Crippen LogP contribution in [0.3, 0.4) is 0 Å². The van der Waals surface area contributed by atoms with Crippen LogP contribution in [-0.2, 0) is 6.42 Å². The van der Waals surface area contributed by atoms with Gasteiger partial charge in [0.1, 0.15) is 5.83 Å². The van der Waals surface area contributed by atoms with Gasteiger partial charge in [0.05, 0.1) is 5.52 Å². The van der Waals surface area contributed by atoms with Crippen molar-refractivity contribution in [3.8, 4) is 0 Å². The average Bonchev–Trinajstić information content (AvgIpc) is 2.70. The molecular weight excluding hydrogens is 359 g/mol. The third-order valence-corrected chi connectivity index (χ3v) is 5.17. The van der Waals surface area contributed by atoms with Gasteiger partial charge in [-0.25, -0.2) is 4.39 Å². The monoisotopic (exact) mass is 392 g/mol. The molecule has 0 fully saturated rings. The Morgan fingerprint density at radius 3 is 2.72 bits per heavy atom. The number of fused-ring (bicyclic) bond motifs is 1. The van der Waals surface area contributed by atoms with Gasteiger partial charge in [-0.2, -0.15) is 0 Å². The fraction of sp³-hybridized carbons (Fsp3) is 0.346. The van der Waals surface area contributed by atoms with Crippen molar-refractivity contribution < 1.29 is 4.39 Å². The van der Waals surface area contributed by atoms with Crippen molar-refractivity contribution in [2.45, 2.75) is 52.9 Å². The number of benzene rings is 1. The zero-order valence-electron chi connectivity index (χ0n) is 18.2. The summed E-state index contributed by atoms with van der Waals surface area (Å²) in [7, 11) is 1.80. The molecule has 0 spiro atoms. The van der Waals surface area contributed by atoms with Crippen LogP contribution in [-0.4, -0.2) is 12.0 Å². The molecule has 2 aromatic rings. The molecule has 3 heteroatoms. The molecule has 154 valence electrons. The van der Waals surface area contributed by atoms with Crippen LogP contribution < -0.4 is 5.32 Å². The van der Waals surface area contributed by atoms with Crippen LogP contribution in [0.5, 0.6) is 0 Å². The summed E-state index contributed by atoms with van der Waals surface area (Å²) < 4.78 is 13.0. The summed E-state index contributed by atoms with van der Waals surface area (Å²) in [6.45, 7) is 9.49. The molecule has 0 saturated carbocycles. The predicted octanol–water partition coefficient (Wildman–Crippen LogP) is 7.13. The number of aromatic nitrogens is 1. The lowest BCUT2D eigenvalue weighted by atomic mass is 9.99. The number of nitrogens with zero attached hydrogens (tertiary/aromatic N) is 1. The van der Waals surface area contributed by atoms with Gasteiger partial charge in [0.2, 0.25) is 0 Å². The van der Waals surface area contributed by atoms with Crippen molar-refractivity contribution in [2.75, 3.05) is 7.05 Å². The molecule has 0 saturated heterocycles. The molecule has 29 heavy (non-hydrogen) atoms. The van der Waals surface area contributed by atoms with E-state index < -0.39 is 5.83 Å². The summed E-state index contributed by atoms with van der Waals surface area (Å²) in [5.74, 6) is -0.434. The van der Waals surface area contributed by atoms with E-state index >= 15 is 0 Å². The van der Waals surface area contributed by atoms with Gasteiger partial charge < -0.3 is 5.32 Å². The number of likely N-dealkylation sites (N-methyl/N-ethyl adjacent to an activating group) is 1. The zero-order chi connectivity index (χ0) is 21.2. The summed E-state index contributed by atoms with van der Waals surface area (Å²) >= 11 is 0. The summed E-state index contributed by atoms with van der Waals surface area (Å²) in [6.07, 6.45) is 13.0. The highest BCUT2D eigenvalue weighted by Crippen LogP contribution is 2.20. The first-order chi connectivity index (χ1) is 13.9. The van der Waals surface area contributed by atoms with Gasteiger partial charge in [-0.05, 0) is 93.9 Å². The number of hydrogen-bond donors (Lipinski definition) is 1. The lowest BCUT2D eigenvalue weighted by Crippen LogP contribution is -2.07. The summed E-state index contributed by atoms with van der Waals surface area (Å²) in [5, 5.41) is 4.25.